The number of piperidine rings is 2. The van der Waals surface area contributed by atoms with Crippen LogP contribution in [0.25, 0.3) is 0 Å². The van der Waals surface area contributed by atoms with Crippen molar-refractivity contribution in [3.05, 3.63) is 0 Å². The summed E-state index contributed by atoms with van der Waals surface area (Å²) in [5.41, 5.74) is 0. The molecule has 0 aromatic heterocycles. The zero-order chi connectivity index (χ0) is 12.8. The average molecular weight is 253 g/mol. The van der Waals surface area contributed by atoms with Crippen LogP contribution in [0.4, 0.5) is 0 Å². The van der Waals surface area contributed by atoms with E-state index in [9.17, 15) is 4.79 Å². The summed E-state index contributed by atoms with van der Waals surface area (Å²) in [7, 11) is 0. The molecule has 2 aliphatic heterocycles. The van der Waals surface area contributed by atoms with Crippen LogP contribution in [0.2, 0.25) is 0 Å². The minimum absolute atomic E-state index is 0.0643. The number of amides is 1. The predicted molar refractivity (Wildman–Crippen MR) is 73.5 cm³/mol. The van der Waals surface area contributed by atoms with Gasteiger partial charge in [0, 0.05) is 6.54 Å². The predicted octanol–water partition coefficient (Wildman–Crippen LogP) is 0.977. The van der Waals surface area contributed by atoms with Gasteiger partial charge in [-0.05, 0) is 57.8 Å². The number of nitrogens with zero attached hydrogens (tertiary/aromatic N) is 1. The Morgan fingerprint density at radius 1 is 1.28 bits per heavy atom. The molecule has 1 unspecified atom stereocenters. The van der Waals surface area contributed by atoms with Gasteiger partial charge in [-0.3, -0.25) is 4.79 Å². The smallest absolute Gasteiger partial charge is 0.237 e. The zero-order valence-electron chi connectivity index (χ0n) is 11.6. The molecule has 0 bridgehead atoms. The van der Waals surface area contributed by atoms with Crippen molar-refractivity contribution >= 4 is 5.91 Å². The van der Waals surface area contributed by atoms with E-state index in [2.05, 4.69) is 22.5 Å². The first-order valence-corrected chi connectivity index (χ1v) is 7.53. The quantitative estimate of drug-likeness (QED) is 0.785. The summed E-state index contributed by atoms with van der Waals surface area (Å²) in [5.74, 6) is 0.896. The standard InChI is InChI=1S/C14H27N3O/c1-2-17-9-6-12(7-10-17)11-16-14(18)13-5-3-4-8-15-13/h12-13,15H,2-11H2,1H3,(H,16,18). The van der Waals surface area contributed by atoms with Gasteiger partial charge in [-0.1, -0.05) is 13.3 Å². The van der Waals surface area contributed by atoms with Crippen LogP contribution in [0.5, 0.6) is 0 Å². The molecule has 0 aromatic carbocycles. The summed E-state index contributed by atoms with van der Waals surface area (Å²) in [5, 5.41) is 6.44. The van der Waals surface area contributed by atoms with Gasteiger partial charge in [0.05, 0.1) is 6.04 Å². The minimum atomic E-state index is 0.0643. The lowest BCUT2D eigenvalue weighted by molar-refractivity contribution is -0.123. The Morgan fingerprint density at radius 2 is 2.06 bits per heavy atom. The van der Waals surface area contributed by atoms with Crippen LogP contribution in [0, 0.1) is 5.92 Å². The highest BCUT2D eigenvalue weighted by Gasteiger charge is 2.22. The van der Waals surface area contributed by atoms with Crippen molar-refractivity contribution in [2.24, 2.45) is 5.92 Å². The molecule has 4 heteroatoms. The summed E-state index contributed by atoms with van der Waals surface area (Å²) in [4.78, 5) is 14.5. The van der Waals surface area contributed by atoms with Crippen LogP contribution in [0.3, 0.4) is 0 Å². The molecule has 4 nitrogen and oxygen atoms in total. The van der Waals surface area contributed by atoms with Crippen molar-refractivity contribution in [2.75, 3.05) is 32.7 Å². The first-order valence-electron chi connectivity index (χ1n) is 7.53. The maximum absolute atomic E-state index is 12.0. The third-order valence-electron chi connectivity index (χ3n) is 4.35. The van der Waals surface area contributed by atoms with Gasteiger partial charge in [-0.25, -0.2) is 0 Å². The molecule has 1 amide bonds. The van der Waals surface area contributed by atoms with E-state index in [-0.39, 0.29) is 11.9 Å². The van der Waals surface area contributed by atoms with Gasteiger partial charge in [0.25, 0.3) is 0 Å². The van der Waals surface area contributed by atoms with E-state index in [1.807, 2.05) is 0 Å². The SMILES string of the molecule is CCN1CCC(CNC(=O)C2CCCCN2)CC1. The van der Waals surface area contributed by atoms with Gasteiger partial charge in [0.15, 0.2) is 0 Å². The minimum Gasteiger partial charge on any atom is -0.354 e. The third-order valence-corrected chi connectivity index (χ3v) is 4.35. The van der Waals surface area contributed by atoms with Gasteiger partial charge in [0.1, 0.15) is 0 Å². The molecule has 104 valence electrons. The number of likely N-dealkylation sites (tertiary alicyclic amines) is 1. The number of hydrogen-bond donors (Lipinski definition) is 2. The maximum Gasteiger partial charge on any atom is 0.237 e. The second kappa shape index (κ2) is 7.10. The summed E-state index contributed by atoms with van der Waals surface area (Å²) in [6, 6.07) is 0.0643. The van der Waals surface area contributed by atoms with Crippen LogP contribution in [-0.2, 0) is 4.79 Å². The second-order valence-corrected chi connectivity index (χ2v) is 5.63. The van der Waals surface area contributed by atoms with Crippen LogP contribution in [0.15, 0.2) is 0 Å². The maximum atomic E-state index is 12.0. The number of nitrogens with one attached hydrogen (secondary N) is 2. The molecule has 0 radical (unpaired) electrons. The van der Waals surface area contributed by atoms with E-state index in [1.165, 1.54) is 38.8 Å². The van der Waals surface area contributed by atoms with Crippen molar-refractivity contribution in [2.45, 2.75) is 45.1 Å². The number of carbonyl (C=O) groups is 1. The summed E-state index contributed by atoms with van der Waals surface area (Å²) in [6.45, 7) is 7.63. The van der Waals surface area contributed by atoms with Crippen molar-refractivity contribution in [3.8, 4) is 0 Å². The molecule has 0 saturated carbocycles. The summed E-state index contributed by atoms with van der Waals surface area (Å²) in [6.07, 6.45) is 5.85. The molecule has 0 spiro atoms. The molecule has 2 saturated heterocycles. The Morgan fingerprint density at radius 3 is 2.67 bits per heavy atom. The van der Waals surface area contributed by atoms with E-state index >= 15 is 0 Å². The molecule has 2 aliphatic rings. The molecular weight excluding hydrogens is 226 g/mol. The highest BCUT2D eigenvalue weighted by atomic mass is 16.2. The summed E-state index contributed by atoms with van der Waals surface area (Å²) >= 11 is 0. The fourth-order valence-electron chi connectivity index (χ4n) is 2.95. The van der Waals surface area contributed by atoms with Crippen LogP contribution >= 0.6 is 0 Å². The van der Waals surface area contributed by atoms with E-state index in [1.54, 1.807) is 0 Å². The third kappa shape index (κ3) is 3.95. The normalized spacial score (nSPS) is 27.1. The molecule has 18 heavy (non-hydrogen) atoms. The first kappa shape index (κ1) is 13.8. The molecule has 2 N–H and O–H groups in total. The van der Waals surface area contributed by atoms with Gasteiger partial charge < -0.3 is 15.5 Å². The van der Waals surface area contributed by atoms with Crippen LogP contribution in [0.1, 0.15) is 39.0 Å². The fourth-order valence-corrected chi connectivity index (χ4v) is 2.95. The number of carbonyl (C=O) groups excluding carboxylic acids is 1. The van der Waals surface area contributed by atoms with Gasteiger partial charge in [-0.15, -0.1) is 0 Å². The first-order chi connectivity index (χ1) is 8.79. The Hall–Kier alpha value is -0.610. The zero-order valence-corrected chi connectivity index (χ0v) is 11.6. The Balaban J connectivity index is 1.63. The largest absolute Gasteiger partial charge is 0.354 e. The van der Waals surface area contributed by atoms with E-state index in [0.29, 0.717) is 5.92 Å². The number of rotatable bonds is 4. The van der Waals surface area contributed by atoms with Gasteiger partial charge in [0.2, 0.25) is 5.91 Å². The van der Waals surface area contributed by atoms with Crippen molar-refractivity contribution in [1.82, 2.24) is 15.5 Å². The Kier molecular flexibility index (Phi) is 5.45. The van der Waals surface area contributed by atoms with Crippen molar-refractivity contribution in [3.63, 3.8) is 0 Å². The van der Waals surface area contributed by atoms with Crippen LogP contribution < -0.4 is 10.6 Å². The highest BCUT2D eigenvalue weighted by molar-refractivity contribution is 5.81. The lowest BCUT2D eigenvalue weighted by atomic mass is 9.96. The lowest BCUT2D eigenvalue weighted by Gasteiger charge is -2.31. The van der Waals surface area contributed by atoms with E-state index in [0.717, 1.165) is 26.1 Å². The topological polar surface area (TPSA) is 44.4 Å². The van der Waals surface area contributed by atoms with E-state index < -0.39 is 0 Å². The highest BCUT2D eigenvalue weighted by Crippen LogP contribution is 2.16. The monoisotopic (exact) mass is 253 g/mol. The molecule has 0 aromatic rings. The molecule has 2 rings (SSSR count). The Labute approximate surface area is 110 Å². The number of hydrogen-bond acceptors (Lipinski definition) is 3. The van der Waals surface area contributed by atoms with Crippen molar-refractivity contribution in [1.29, 1.82) is 0 Å². The molecule has 2 fully saturated rings. The molecular formula is C14H27N3O. The van der Waals surface area contributed by atoms with Crippen molar-refractivity contribution < 1.29 is 4.79 Å². The molecule has 0 aliphatic carbocycles. The summed E-state index contributed by atoms with van der Waals surface area (Å²) < 4.78 is 0. The van der Waals surface area contributed by atoms with E-state index in [4.69, 9.17) is 0 Å². The van der Waals surface area contributed by atoms with Gasteiger partial charge >= 0.3 is 0 Å². The molecule has 1 atom stereocenters. The Bertz CT molecular complexity index is 256. The second-order valence-electron chi connectivity index (χ2n) is 5.63. The molecule has 2 heterocycles. The van der Waals surface area contributed by atoms with Crippen LogP contribution in [-0.4, -0.2) is 49.6 Å². The lowest BCUT2D eigenvalue weighted by Crippen LogP contribution is -2.48. The average Bonchev–Trinajstić information content (AvgIpc) is 2.46. The van der Waals surface area contributed by atoms with Gasteiger partial charge in [-0.2, -0.15) is 0 Å². The fraction of sp³-hybridized carbons (Fsp3) is 0.929.